The molecule has 86 valence electrons. The molecule has 14 heavy (non-hydrogen) atoms. The van der Waals surface area contributed by atoms with Crippen molar-refractivity contribution in [3.8, 4) is 0 Å². The summed E-state index contributed by atoms with van der Waals surface area (Å²) in [5, 5.41) is 6.81. The van der Waals surface area contributed by atoms with Gasteiger partial charge < -0.3 is 15.4 Å². The van der Waals surface area contributed by atoms with Crippen LogP contribution in [0.3, 0.4) is 0 Å². The second-order valence-corrected chi connectivity index (χ2v) is 3.55. The van der Waals surface area contributed by atoms with Crippen molar-refractivity contribution in [1.82, 2.24) is 10.6 Å². The Hall–Kier alpha value is -0.120. The van der Waals surface area contributed by atoms with Crippen LogP contribution < -0.4 is 10.6 Å². The van der Waals surface area contributed by atoms with E-state index in [0.717, 1.165) is 39.2 Å². The second kappa shape index (κ2) is 12.9. The fraction of sp³-hybridized carbons (Fsp3) is 1.00. The van der Waals surface area contributed by atoms with Crippen LogP contribution in [0.1, 0.15) is 32.6 Å². The van der Waals surface area contributed by atoms with Gasteiger partial charge in [0.05, 0.1) is 0 Å². The Labute approximate surface area is 88.6 Å². The predicted octanol–water partition coefficient (Wildman–Crippen LogP) is 1.39. The van der Waals surface area contributed by atoms with E-state index in [9.17, 15) is 0 Å². The lowest BCUT2D eigenvalue weighted by Gasteiger charge is -2.05. The van der Waals surface area contributed by atoms with Crippen LogP contribution in [0.15, 0.2) is 0 Å². The van der Waals surface area contributed by atoms with Crippen LogP contribution in [0.2, 0.25) is 0 Å². The molecule has 2 N–H and O–H groups in total. The molecule has 0 aromatic carbocycles. The molecule has 0 aliphatic heterocycles. The van der Waals surface area contributed by atoms with Gasteiger partial charge in [-0.1, -0.05) is 6.92 Å². The number of hydrogen-bond donors (Lipinski definition) is 2. The molecule has 0 saturated heterocycles. The average Bonchev–Trinajstić information content (AvgIpc) is 2.21. The molecule has 0 spiro atoms. The van der Waals surface area contributed by atoms with E-state index < -0.39 is 0 Å². The van der Waals surface area contributed by atoms with Crippen LogP contribution in [0.25, 0.3) is 0 Å². The molecule has 0 aliphatic rings. The highest BCUT2D eigenvalue weighted by Gasteiger charge is 1.89. The predicted molar refractivity (Wildman–Crippen MR) is 61.8 cm³/mol. The first-order valence-corrected chi connectivity index (χ1v) is 5.82. The number of methoxy groups -OCH3 is 1. The molecule has 0 saturated carbocycles. The minimum atomic E-state index is 0.889. The van der Waals surface area contributed by atoms with Gasteiger partial charge >= 0.3 is 0 Å². The summed E-state index contributed by atoms with van der Waals surface area (Å²) in [5.41, 5.74) is 0. The van der Waals surface area contributed by atoms with Crippen LogP contribution in [-0.4, -0.2) is 39.9 Å². The molecule has 0 radical (unpaired) electrons. The molecule has 0 unspecified atom stereocenters. The van der Waals surface area contributed by atoms with Gasteiger partial charge in [-0.15, -0.1) is 0 Å². The molecule has 0 fully saturated rings. The van der Waals surface area contributed by atoms with E-state index in [1.54, 1.807) is 7.11 Å². The number of ether oxygens (including phenoxy) is 1. The average molecular weight is 202 g/mol. The first kappa shape index (κ1) is 13.9. The van der Waals surface area contributed by atoms with Crippen molar-refractivity contribution >= 4 is 0 Å². The molecule has 0 atom stereocenters. The summed E-state index contributed by atoms with van der Waals surface area (Å²) in [6.07, 6.45) is 4.84. The minimum Gasteiger partial charge on any atom is -0.385 e. The molecular formula is C11H26N2O. The molecule has 0 aromatic heterocycles. The fourth-order valence-corrected chi connectivity index (χ4v) is 1.26. The summed E-state index contributed by atoms with van der Waals surface area (Å²) < 4.78 is 4.98. The maximum Gasteiger partial charge on any atom is 0.0462 e. The smallest absolute Gasteiger partial charge is 0.0462 e. The van der Waals surface area contributed by atoms with Gasteiger partial charge in [0, 0.05) is 13.7 Å². The number of hydrogen-bond acceptors (Lipinski definition) is 3. The van der Waals surface area contributed by atoms with E-state index >= 15 is 0 Å². The lowest BCUT2D eigenvalue weighted by molar-refractivity contribution is 0.192. The van der Waals surface area contributed by atoms with E-state index in [1.807, 2.05) is 0 Å². The van der Waals surface area contributed by atoms with Gasteiger partial charge in [-0.25, -0.2) is 0 Å². The van der Waals surface area contributed by atoms with Crippen molar-refractivity contribution in [2.24, 2.45) is 0 Å². The van der Waals surface area contributed by atoms with Crippen LogP contribution in [0, 0.1) is 0 Å². The highest BCUT2D eigenvalue weighted by atomic mass is 16.5. The molecule has 0 rings (SSSR count). The van der Waals surface area contributed by atoms with E-state index in [4.69, 9.17) is 4.74 Å². The Kier molecular flexibility index (Phi) is 12.8. The fourth-order valence-electron chi connectivity index (χ4n) is 1.26. The first-order chi connectivity index (χ1) is 6.91. The summed E-state index contributed by atoms with van der Waals surface area (Å²) in [6.45, 7) is 7.62. The van der Waals surface area contributed by atoms with Gasteiger partial charge in [0.25, 0.3) is 0 Å². The summed E-state index contributed by atoms with van der Waals surface area (Å²) in [7, 11) is 1.76. The highest BCUT2D eigenvalue weighted by molar-refractivity contribution is 4.51. The zero-order valence-corrected chi connectivity index (χ0v) is 9.77. The van der Waals surface area contributed by atoms with Crippen LogP contribution >= 0.6 is 0 Å². The number of unbranched alkanes of at least 4 members (excludes halogenated alkanes) is 1. The highest BCUT2D eigenvalue weighted by Crippen LogP contribution is 1.86. The monoisotopic (exact) mass is 202 g/mol. The van der Waals surface area contributed by atoms with Crippen molar-refractivity contribution in [3.05, 3.63) is 0 Å². The second-order valence-electron chi connectivity index (χ2n) is 3.55. The van der Waals surface area contributed by atoms with E-state index in [-0.39, 0.29) is 0 Å². The van der Waals surface area contributed by atoms with Gasteiger partial charge in [0.2, 0.25) is 0 Å². The Morgan fingerprint density at radius 2 is 1.50 bits per heavy atom. The Morgan fingerprint density at radius 3 is 2.14 bits per heavy atom. The van der Waals surface area contributed by atoms with Crippen LogP contribution in [0.4, 0.5) is 0 Å². The summed E-state index contributed by atoms with van der Waals surface area (Å²) in [4.78, 5) is 0. The van der Waals surface area contributed by atoms with Crippen molar-refractivity contribution in [2.75, 3.05) is 39.9 Å². The molecule has 0 bridgehead atoms. The molecule has 0 aliphatic carbocycles. The van der Waals surface area contributed by atoms with Crippen LogP contribution in [0.5, 0.6) is 0 Å². The van der Waals surface area contributed by atoms with Gasteiger partial charge in [0.1, 0.15) is 0 Å². The molecule has 0 heterocycles. The standard InChI is InChI=1S/C11H26N2O/c1-3-7-12-9-6-10-13-8-4-5-11-14-2/h12-13H,3-11H2,1-2H3. The molecule has 3 heteroatoms. The Bertz CT molecular complexity index is 87.3. The van der Waals surface area contributed by atoms with Crippen molar-refractivity contribution in [1.29, 1.82) is 0 Å². The normalized spacial score (nSPS) is 10.7. The summed E-state index contributed by atoms with van der Waals surface area (Å²) in [6, 6.07) is 0. The third-order valence-corrected chi connectivity index (χ3v) is 2.09. The van der Waals surface area contributed by atoms with Gasteiger partial charge in [-0.05, 0) is 51.9 Å². The van der Waals surface area contributed by atoms with E-state index in [0.29, 0.717) is 0 Å². The lowest BCUT2D eigenvalue weighted by Crippen LogP contribution is -2.23. The van der Waals surface area contributed by atoms with Gasteiger partial charge in [0.15, 0.2) is 0 Å². The van der Waals surface area contributed by atoms with E-state index in [2.05, 4.69) is 17.6 Å². The number of nitrogens with one attached hydrogen (secondary N) is 2. The zero-order chi connectivity index (χ0) is 10.5. The topological polar surface area (TPSA) is 33.3 Å². The van der Waals surface area contributed by atoms with Crippen LogP contribution in [-0.2, 0) is 4.74 Å². The molecule has 0 amide bonds. The largest absolute Gasteiger partial charge is 0.385 e. The quantitative estimate of drug-likeness (QED) is 0.497. The Morgan fingerprint density at radius 1 is 0.857 bits per heavy atom. The third-order valence-electron chi connectivity index (χ3n) is 2.09. The Balaban J connectivity index is 2.78. The van der Waals surface area contributed by atoms with Crippen molar-refractivity contribution in [2.45, 2.75) is 32.6 Å². The maximum absolute atomic E-state index is 4.98. The maximum atomic E-state index is 4.98. The lowest BCUT2D eigenvalue weighted by atomic mass is 10.3. The number of rotatable bonds is 11. The first-order valence-electron chi connectivity index (χ1n) is 5.82. The molecule has 3 nitrogen and oxygen atoms in total. The van der Waals surface area contributed by atoms with E-state index in [1.165, 1.54) is 19.3 Å². The van der Waals surface area contributed by atoms with Gasteiger partial charge in [-0.3, -0.25) is 0 Å². The summed E-state index contributed by atoms with van der Waals surface area (Å²) >= 11 is 0. The summed E-state index contributed by atoms with van der Waals surface area (Å²) in [5.74, 6) is 0. The molecule has 0 aromatic rings. The van der Waals surface area contributed by atoms with Crippen molar-refractivity contribution < 1.29 is 4.74 Å². The third kappa shape index (κ3) is 11.9. The minimum absolute atomic E-state index is 0.889. The SMILES string of the molecule is CCCNCCCNCCCCOC. The molecular weight excluding hydrogens is 176 g/mol. The zero-order valence-electron chi connectivity index (χ0n) is 9.77. The van der Waals surface area contributed by atoms with Gasteiger partial charge in [-0.2, -0.15) is 0 Å². The van der Waals surface area contributed by atoms with Crippen molar-refractivity contribution in [3.63, 3.8) is 0 Å².